The number of aliphatic hydroxyl groups excluding tert-OH is 1. The quantitative estimate of drug-likeness (QED) is 0.858. The molecule has 3 rings (SSSR count). The number of rotatable bonds is 3. The van der Waals surface area contributed by atoms with Gasteiger partial charge in [0.25, 0.3) is 0 Å². The number of hydrogen-bond donors (Lipinski definition) is 2. The molecule has 0 spiro atoms. The van der Waals surface area contributed by atoms with Gasteiger partial charge in [0.1, 0.15) is 5.60 Å². The second-order valence-corrected chi connectivity index (χ2v) is 5.57. The minimum atomic E-state index is -0.378. The Bertz CT molecular complexity index is 429. The molecule has 1 saturated heterocycles. The summed E-state index contributed by atoms with van der Waals surface area (Å²) >= 11 is 0. The first-order chi connectivity index (χ1) is 9.23. The lowest BCUT2D eigenvalue weighted by atomic mass is 9.84. The van der Waals surface area contributed by atoms with E-state index in [0.717, 1.165) is 25.7 Å². The summed E-state index contributed by atoms with van der Waals surface area (Å²) in [6.07, 6.45) is 5.71. The van der Waals surface area contributed by atoms with Gasteiger partial charge in [-0.05, 0) is 19.3 Å². The van der Waals surface area contributed by atoms with Crippen molar-refractivity contribution in [1.29, 1.82) is 0 Å². The molecule has 0 bridgehead atoms. The first-order valence-electron chi connectivity index (χ1n) is 7.04. The summed E-state index contributed by atoms with van der Waals surface area (Å²) in [5.74, 6) is 1.22. The molecule has 6 nitrogen and oxygen atoms in total. The van der Waals surface area contributed by atoms with Crippen molar-refractivity contribution >= 4 is 0 Å². The molecule has 0 amide bonds. The van der Waals surface area contributed by atoms with Gasteiger partial charge in [-0.25, -0.2) is 0 Å². The summed E-state index contributed by atoms with van der Waals surface area (Å²) in [5, 5.41) is 16.8. The van der Waals surface area contributed by atoms with Crippen LogP contribution in [0.15, 0.2) is 4.52 Å². The molecule has 1 aliphatic carbocycles. The summed E-state index contributed by atoms with van der Waals surface area (Å²) in [5.41, 5.74) is -0.378. The molecule has 106 valence electrons. The molecular weight excluding hydrogens is 246 g/mol. The second-order valence-electron chi connectivity index (χ2n) is 5.57. The molecule has 0 radical (unpaired) electrons. The molecule has 1 aromatic rings. The highest BCUT2D eigenvalue weighted by atomic mass is 16.5. The minimum absolute atomic E-state index is 0.0336. The van der Waals surface area contributed by atoms with Gasteiger partial charge < -0.3 is 19.7 Å². The fourth-order valence-corrected chi connectivity index (χ4v) is 3.11. The first-order valence-corrected chi connectivity index (χ1v) is 7.04. The Labute approximate surface area is 112 Å². The molecule has 1 saturated carbocycles. The topological polar surface area (TPSA) is 80.4 Å². The lowest BCUT2D eigenvalue weighted by Crippen LogP contribution is -2.32. The van der Waals surface area contributed by atoms with E-state index in [2.05, 4.69) is 15.5 Å². The third-order valence-corrected chi connectivity index (χ3v) is 4.31. The van der Waals surface area contributed by atoms with Crippen LogP contribution in [0, 0.1) is 0 Å². The SMILES string of the molecule is COC1(c2noc([C@H]3C[C@@H](O)CN3)n2)CCCCC1. The zero-order chi connectivity index (χ0) is 13.3. The summed E-state index contributed by atoms with van der Waals surface area (Å²) in [6.45, 7) is 0.581. The van der Waals surface area contributed by atoms with Crippen LogP contribution in [-0.2, 0) is 10.3 Å². The maximum atomic E-state index is 9.54. The number of β-amino-alcohol motifs (C(OH)–C–C–N with tert-alkyl or cyclic N) is 1. The average Bonchev–Trinajstić information content (AvgIpc) is 3.08. The maximum Gasteiger partial charge on any atom is 0.243 e. The van der Waals surface area contributed by atoms with Crippen LogP contribution in [0.3, 0.4) is 0 Å². The van der Waals surface area contributed by atoms with Crippen LogP contribution >= 0.6 is 0 Å². The molecule has 1 aliphatic heterocycles. The number of hydrogen-bond acceptors (Lipinski definition) is 6. The maximum absolute atomic E-state index is 9.54. The minimum Gasteiger partial charge on any atom is -0.392 e. The van der Waals surface area contributed by atoms with Crippen molar-refractivity contribution in [1.82, 2.24) is 15.5 Å². The van der Waals surface area contributed by atoms with Gasteiger partial charge in [-0.2, -0.15) is 4.98 Å². The van der Waals surface area contributed by atoms with Crippen molar-refractivity contribution in [2.75, 3.05) is 13.7 Å². The molecular formula is C13H21N3O3. The zero-order valence-corrected chi connectivity index (χ0v) is 11.3. The van der Waals surface area contributed by atoms with Gasteiger partial charge in [0, 0.05) is 13.7 Å². The summed E-state index contributed by atoms with van der Waals surface area (Å²) < 4.78 is 11.1. The van der Waals surface area contributed by atoms with Crippen molar-refractivity contribution < 1.29 is 14.4 Å². The Morgan fingerprint density at radius 2 is 2.16 bits per heavy atom. The van der Waals surface area contributed by atoms with E-state index in [0.29, 0.717) is 24.7 Å². The number of nitrogens with one attached hydrogen (secondary N) is 1. The summed E-state index contributed by atoms with van der Waals surface area (Å²) in [6, 6.07) is -0.0336. The van der Waals surface area contributed by atoms with Crippen molar-refractivity contribution in [2.24, 2.45) is 0 Å². The number of methoxy groups -OCH3 is 1. The fourth-order valence-electron chi connectivity index (χ4n) is 3.11. The van der Waals surface area contributed by atoms with Crippen molar-refractivity contribution in [3.8, 4) is 0 Å². The lowest BCUT2D eigenvalue weighted by Gasteiger charge is -2.32. The normalized spacial score (nSPS) is 30.6. The van der Waals surface area contributed by atoms with Gasteiger partial charge in [0.15, 0.2) is 0 Å². The molecule has 6 heteroatoms. The summed E-state index contributed by atoms with van der Waals surface area (Å²) in [7, 11) is 1.72. The monoisotopic (exact) mass is 267 g/mol. The highest BCUT2D eigenvalue weighted by molar-refractivity contribution is 5.06. The average molecular weight is 267 g/mol. The van der Waals surface area contributed by atoms with Crippen molar-refractivity contribution in [3.05, 3.63) is 11.7 Å². The van der Waals surface area contributed by atoms with Crippen LogP contribution in [0.4, 0.5) is 0 Å². The molecule has 1 aromatic heterocycles. The van der Waals surface area contributed by atoms with Gasteiger partial charge in [0.2, 0.25) is 11.7 Å². The van der Waals surface area contributed by atoms with Gasteiger partial charge >= 0.3 is 0 Å². The predicted octanol–water partition coefficient (Wildman–Crippen LogP) is 1.27. The zero-order valence-electron chi connectivity index (χ0n) is 11.3. The molecule has 2 heterocycles. The van der Waals surface area contributed by atoms with E-state index in [-0.39, 0.29) is 17.7 Å². The van der Waals surface area contributed by atoms with Gasteiger partial charge in [0.05, 0.1) is 12.1 Å². The standard InChI is InChI=1S/C13H21N3O3/c1-18-13(5-3-2-4-6-13)12-15-11(19-16-12)10-7-9(17)8-14-10/h9-10,14,17H,2-8H2,1H3/t9-,10-/m1/s1. The number of aromatic nitrogens is 2. The number of ether oxygens (including phenoxy) is 1. The van der Waals surface area contributed by atoms with Crippen LogP contribution in [0.25, 0.3) is 0 Å². The Balaban J connectivity index is 1.79. The van der Waals surface area contributed by atoms with Crippen molar-refractivity contribution in [3.63, 3.8) is 0 Å². The Morgan fingerprint density at radius 1 is 1.37 bits per heavy atom. The molecule has 2 N–H and O–H groups in total. The Morgan fingerprint density at radius 3 is 2.79 bits per heavy atom. The summed E-state index contributed by atoms with van der Waals surface area (Å²) in [4.78, 5) is 4.52. The van der Waals surface area contributed by atoms with Crippen LogP contribution < -0.4 is 5.32 Å². The highest BCUT2D eigenvalue weighted by Crippen LogP contribution is 2.39. The predicted molar refractivity (Wildman–Crippen MR) is 67.4 cm³/mol. The lowest BCUT2D eigenvalue weighted by molar-refractivity contribution is -0.0527. The molecule has 19 heavy (non-hydrogen) atoms. The highest BCUT2D eigenvalue weighted by Gasteiger charge is 2.39. The van der Waals surface area contributed by atoms with Crippen LogP contribution in [0.1, 0.15) is 56.3 Å². The molecule has 2 fully saturated rings. The molecule has 2 atom stereocenters. The second kappa shape index (κ2) is 5.19. The van der Waals surface area contributed by atoms with Crippen LogP contribution in [0.2, 0.25) is 0 Å². The molecule has 0 unspecified atom stereocenters. The van der Waals surface area contributed by atoms with E-state index in [1.54, 1.807) is 7.11 Å². The third kappa shape index (κ3) is 2.40. The van der Waals surface area contributed by atoms with E-state index in [1.807, 2.05) is 0 Å². The van der Waals surface area contributed by atoms with E-state index in [1.165, 1.54) is 6.42 Å². The van der Waals surface area contributed by atoms with Gasteiger partial charge in [-0.3, -0.25) is 0 Å². The Kier molecular flexibility index (Phi) is 3.56. The van der Waals surface area contributed by atoms with E-state index >= 15 is 0 Å². The van der Waals surface area contributed by atoms with Crippen molar-refractivity contribution in [2.45, 2.75) is 56.3 Å². The largest absolute Gasteiger partial charge is 0.392 e. The fraction of sp³-hybridized carbons (Fsp3) is 0.846. The first kappa shape index (κ1) is 13.0. The van der Waals surface area contributed by atoms with Gasteiger partial charge in [-0.1, -0.05) is 24.4 Å². The number of aliphatic hydroxyl groups is 1. The van der Waals surface area contributed by atoms with Crippen LogP contribution in [0.5, 0.6) is 0 Å². The molecule has 2 aliphatic rings. The van der Waals surface area contributed by atoms with E-state index < -0.39 is 0 Å². The van der Waals surface area contributed by atoms with Gasteiger partial charge in [-0.15, -0.1) is 0 Å². The smallest absolute Gasteiger partial charge is 0.243 e. The Hall–Kier alpha value is -0.980. The van der Waals surface area contributed by atoms with E-state index in [4.69, 9.17) is 9.26 Å². The molecule has 0 aromatic carbocycles. The van der Waals surface area contributed by atoms with E-state index in [9.17, 15) is 5.11 Å². The third-order valence-electron chi connectivity index (χ3n) is 4.31. The van der Waals surface area contributed by atoms with Crippen LogP contribution in [-0.4, -0.2) is 35.0 Å². The number of nitrogens with zero attached hydrogens (tertiary/aromatic N) is 2.